The summed E-state index contributed by atoms with van der Waals surface area (Å²) in [6, 6.07) is 11.2. The van der Waals surface area contributed by atoms with Crippen LogP contribution in [0.3, 0.4) is 0 Å². The standard InChI is InChI=1S/C24H26ClN3O4S.ClH/c1-16-7-8-17(25)22-21(16)26-24(33-22)28(10-4-9-27-11-13-30-14-12-27)23(29)20-15-31-18-5-2-3-6-19(18)32-20;/h2-3,5-8,20H,4,9-15H2,1H3;1H. The Bertz CT molecular complexity index is 1110. The summed E-state index contributed by atoms with van der Waals surface area (Å²) < 4.78 is 18.2. The Hall–Kier alpha value is -2.10. The van der Waals surface area contributed by atoms with Gasteiger partial charge in [0.2, 0.25) is 6.10 Å². The number of amides is 1. The fourth-order valence-corrected chi connectivity index (χ4v) is 5.45. The maximum absolute atomic E-state index is 13.7. The number of benzene rings is 2. The summed E-state index contributed by atoms with van der Waals surface area (Å²) in [6.45, 7) is 6.94. The van der Waals surface area contributed by atoms with Crippen LogP contribution >= 0.6 is 35.3 Å². The molecule has 0 radical (unpaired) electrons. The number of carbonyl (C=O) groups is 1. The first kappa shape index (κ1) is 25.0. The molecule has 1 atom stereocenters. The summed E-state index contributed by atoms with van der Waals surface area (Å²) in [4.78, 5) is 22.6. The van der Waals surface area contributed by atoms with Gasteiger partial charge in [-0.1, -0.05) is 41.1 Å². The Labute approximate surface area is 214 Å². The van der Waals surface area contributed by atoms with E-state index in [-0.39, 0.29) is 24.9 Å². The molecule has 0 aliphatic carbocycles. The number of fused-ring (bicyclic) bond motifs is 2. The summed E-state index contributed by atoms with van der Waals surface area (Å²) in [5.41, 5.74) is 1.86. The van der Waals surface area contributed by atoms with Gasteiger partial charge in [0.05, 0.1) is 28.5 Å². The van der Waals surface area contributed by atoms with Crippen molar-refractivity contribution >= 4 is 56.6 Å². The number of rotatable bonds is 6. The molecule has 1 saturated heterocycles. The number of para-hydroxylation sites is 2. The maximum Gasteiger partial charge on any atom is 0.273 e. The molecule has 0 spiro atoms. The quantitative estimate of drug-likeness (QED) is 0.471. The largest absolute Gasteiger partial charge is 0.485 e. The second-order valence-electron chi connectivity index (χ2n) is 8.20. The van der Waals surface area contributed by atoms with Crippen LogP contribution in [0.1, 0.15) is 12.0 Å². The normalized spacial score (nSPS) is 17.9. The van der Waals surface area contributed by atoms with Gasteiger partial charge in [-0.2, -0.15) is 0 Å². The van der Waals surface area contributed by atoms with Gasteiger partial charge in [0.25, 0.3) is 5.91 Å². The number of hydrogen-bond donors (Lipinski definition) is 0. The van der Waals surface area contributed by atoms with Crippen LogP contribution in [-0.4, -0.2) is 67.9 Å². The van der Waals surface area contributed by atoms with Gasteiger partial charge in [0.1, 0.15) is 6.61 Å². The molecule has 1 fully saturated rings. The van der Waals surface area contributed by atoms with Gasteiger partial charge in [-0.05, 0) is 37.1 Å². The highest BCUT2D eigenvalue weighted by atomic mass is 35.5. The summed E-state index contributed by atoms with van der Waals surface area (Å²) in [6.07, 6.45) is 0.0882. The van der Waals surface area contributed by atoms with Gasteiger partial charge in [-0.25, -0.2) is 4.98 Å². The molecule has 1 amide bonds. The first-order valence-electron chi connectivity index (χ1n) is 11.2. The van der Waals surface area contributed by atoms with Crippen molar-refractivity contribution in [3.8, 4) is 11.5 Å². The van der Waals surface area contributed by atoms with Crippen molar-refractivity contribution in [1.82, 2.24) is 9.88 Å². The van der Waals surface area contributed by atoms with Gasteiger partial charge in [-0.3, -0.25) is 14.6 Å². The molecule has 10 heteroatoms. The van der Waals surface area contributed by atoms with Crippen LogP contribution < -0.4 is 14.4 Å². The van der Waals surface area contributed by atoms with Crippen LogP contribution in [0.25, 0.3) is 10.2 Å². The molecule has 2 aliphatic heterocycles. The van der Waals surface area contributed by atoms with Crippen molar-refractivity contribution in [2.75, 3.05) is 50.9 Å². The number of aromatic nitrogens is 1. The fourth-order valence-electron chi connectivity index (χ4n) is 4.10. The summed E-state index contributed by atoms with van der Waals surface area (Å²) >= 11 is 7.88. The number of thiazole rings is 1. The van der Waals surface area contributed by atoms with E-state index < -0.39 is 6.10 Å². The predicted molar refractivity (Wildman–Crippen MR) is 137 cm³/mol. The molecule has 0 N–H and O–H groups in total. The third kappa shape index (κ3) is 5.26. The number of morpholine rings is 1. The average molecular weight is 524 g/mol. The lowest BCUT2D eigenvalue weighted by Gasteiger charge is -2.31. The summed E-state index contributed by atoms with van der Waals surface area (Å²) in [5, 5.41) is 1.28. The van der Waals surface area contributed by atoms with Crippen LogP contribution in [-0.2, 0) is 9.53 Å². The topological polar surface area (TPSA) is 64.1 Å². The zero-order chi connectivity index (χ0) is 22.8. The van der Waals surface area contributed by atoms with Crippen molar-refractivity contribution in [3.63, 3.8) is 0 Å². The zero-order valence-corrected chi connectivity index (χ0v) is 21.3. The van der Waals surface area contributed by atoms with Crippen LogP contribution in [0.5, 0.6) is 11.5 Å². The number of halogens is 2. The second kappa shape index (κ2) is 11.1. The van der Waals surface area contributed by atoms with Crippen molar-refractivity contribution in [3.05, 3.63) is 47.0 Å². The minimum absolute atomic E-state index is 0. The Balaban J connectivity index is 0.00000274. The molecule has 34 heavy (non-hydrogen) atoms. The Kier molecular flexibility index (Phi) is 8.16. The monoisotopic (exact) mass is 523 g/mol. The highest BCUT2D eigenvalue weighted by Crippen LogP contribution is 2.37. The van der Waals surface area contributed by atoms with Crippen LogP contribution in [0, 0.1) is 6.92 Å². The van der Waals surface area contributed by atoms with E-state index in [1.165, 1.54) is 11.3 Å². The molecule has 1 unspecified atom stereocenters. The molecule has 182 valence electrons. The number of carbonyl (C=O) groups excluding carboxylic acids is 1. The van der Waals surface area contributed by atoms with E-state index in [4.69, 9.17) is 30.8 Å². The van der Waals surface area contributed by atoms with E-state index in [1.54, 1.807) is 4.90 Å². The van der Waals surface area contributed by atoms with Crippen LogP contribution in [0.4, 0.5) is 5.13 Å². The Morgan fingerprint density at radius 2 is 1.97 bits per heavy atom. The number of aryl methyl sites for hydroxylation is 1. The van der Waals surface area contributed by atoms with E-state index in [0.29, 0.717) is 28.2 Å². The number of hydrogen-bond acceptors (Lipinski definition) is 7. The maximum atomic E-state index is 13.7. The molecule has 5 rings (SSSR count). The first-order valence-corrected chi connectivity index (χ1v) is 12.4. The molecule has 3 aromatic rings. The Morgan fingerprint density at radius 1 is 1.21 bits per heavy atom. The fraction of sp³-hybridized carbons (Fsp3) is 0.417. The number of anilines is 1. The second-order valence-corrected chi connectivity index (χ2v) is 9.58. The zero-order valence-electron chi connectivity index (χ0n) is 18.9. The SMILES string of the molecule is Cc1ccc(Cl)c2sc(N(CCCN3CCOCC3)C(=O)C3COc4ccccc4O3)nc12.Cl. The molecule has 0 bridgehead atoms. The van der Waals surface area contributed by atoms with E-state index >= 15 is 0 Å². The molecule has 2 aromatic carbocycles. The minimum Gasteiger partial charge on any atom is -0.485 e. The summed E-state index contributed by atoms with van der Waals surface area (Å²) in [5.74, 6) is 1.08. The molecule has 7 nitrogen and oxygen atoms in total. The Morgan fingerprint density at radius 3 is 2.74 bits per heavy atom. The van der Waals surface area contributed by atoms with Crippen molar-refractivity contribution in [2.24, 2.45) is 0 Å². The molecule has 3 heterocycles. The third-order valence-electron chi connectivity index (χ3n) is 5.93. The lowest BCUT2D eigenvalue weighted by atomic mass is 10.2. The van der Waals surface area contributed by atoms with E-state index in [1.807, 2.05) is 43.3 Å². The van der Waals surface area contributed by atoms with Crippen molar-refractivity contribution < 1.29 is 19.0 Å². The third-order valence-corrected chi connectivity index (χ3v) is 7.47. The molecular formula is C24H27Cl2N3O4S. The van der Waals surface area contributed by atoms with Gasteiger partial charge in [0, 0.05) is 26.2 Å². The van der Waals surface area contributed by atoms with E-state index in [2.05, 4.69) is 4.90 Å². The average Bonchev–Trinajstić information content (AvgIpc) is 3.31. The van der Waals surface area contributed by atoms with Gasteiger partial charge in [0.15, 0.2) is 16.6 Å². The van der Waals surface area contributed by atoms with Crippen LogP contribution in [0.15, 0.2) is 36.4 Å². The lowest BCUT2D eigenvalue weighted by Crippen LogP contribution is -2.47. The van der Waals surface area contributed by atoms with Gasteiger partial charge in [-0.15, -0.1) is 12.4 Å². The molecule has 0 saturated carbocycles. The number of ether oxygens (including phenoxy) is 3. The molecular weight excluding hydrogens is 497 g/mol. The minimum atomic E-state index is -0.730. The van der Waals surface area contributed by atoms with Crippen LogP contribution in [0.2, 0.25) is 5.02 Å². The van der Waals surface area contributed by atoms with Crippen molar-refractivity contribution in [2.45, 2.75) is 19.4 Å². The van der Waals surface area contributed by atoms with Gasteiger partial charge >= 0.3 is 0 Å². The van der Waals surface area contributed by atoms with Crippen molar-refractivity contribution in [1.29, 1.82) is 0 Å². The van der Waals surface area contributed by atoms with E-state index in [9.17, 15) is 4.79 Å². The number of nitrogens with zero attached hydrogens (tertiary/aromatic N) is 3. The molecule has 1 aromatic heterocycles. The highest BCUT2D eigenvalue weighted by Gasteiger charge is 2.33. The summed E-state index contributed by atoms with van der Waals surface area (Å²) in [7, 11) is 0. The molecule has 2 aliphatic rings. The highest BCUT2D eigenvalue weighted by molar-refractivity contribution is 7.23. The lowest BCUT2D eigenvalue weighted by molar-refractivity contribution is -0.127. The smallest absolute Gasteiger partial charge is 0.273 e. The first-order chi connectivity index (χ1) is 16.1. The van der Waals surface area contributed by atoms with Gasteiger partial charge < -0.3 is 14.2 Å². The van der Waals surface area contributed by atoms with E-state index in [0.717, 1.165) is 55.0 Å². The predicted octanol–water partition coefficient (Wildman–Crippen LogP) is 4.58.